The molecule has 1 aromatic heterocycles. The molecule has 3 amide bonds. The predicted octanol–water partition coefficient (Wildman–Crippen LogP) is 3.54. The van der Waals surface area contributed by atoms with Gasteiger partial charge in [0.25, 0.3) is 0 Å². The van der Waals surface area contributed by atoms with Gasteiger partial charge < -0.3 is 4.98 Å². The lowest BCUT2D eigenvalue weighted by atomic mass is 9.94. The highest BCUT2D eigenvalue weighted by atomic mass is 16.2. The molecule has 2 N–H and O–H groups in total. The number of imidazole rings is 1. The van der Waals surface area contributed by atoms with Crippen molar-refractivity contribution in [2.75, 3.05) is 11.4 Å². The van der Waals surface area contributed by atoms with Crippen molar-refractivity contribution in [2.24, 2.45) is 0 Å². The quantitative estimate of drug-likeness (QED) is 0.841. The molecule has 2 aliphatic rings. The highest BCUT2D eigenvalue weighted by Crippen LogP contribution is 2.28. The van der Waals surface area contributed by atoms with E-state index in [2.05, 4.69) is 27.4 Å². The summed E-state index contributed by atoms with van der Waals surface area (Å²) in [6, 6.07) is 5.26. The molecule has 0 bridgehead atoms. The van der Waals surface area contributed by atoms with Crippen LogP contribution in [0.5, 0.6) is 0 Å². The zero-order valence-electron chi connectivity index (χ0n) is 13.2. The van der Waals surface area contributed by atoms with E-state index in [-0.39, 0.29) is 14.8 Å². The summed E-state index contributed by atoms with van der Waals surface area (Å²) in [5.41, 5.74) is 4.87. The number of carbonyl (C=O) groups excluding carboxylic acids is 2. The van der Waals surface area contributed by atoms with Crippen LogP contribution in [0.2, 0.25) is 0 Å². The smallest absolute Gasteiger partial charge is 0.328 e. The topological polar surface area (TPSA) is 78.1 Å². The molecule has 0 fully saturated rings. The first-order chi connectivity index (χ1) is 11.7. The number of imide groups is 1. The third-order valence-corrected chi connectivity index (χ3v) is 4.56. The molecule has 0 unspecified atom stereocenters. The van der Waals surface area contributed by atoms with Crippen LogP contribution in [0.4, 0.5) is 10.5 Å². The summed E-state index contributed by atoms with van der Waals surface area (Å²) in [4.78, 5) is 33.5. The number of H-pyrrole nitrogens is 1. The van der Waals surface area contributed by atoms with Crippen LogP contribution in [-0.2, 0) is 4.79 Å². The normalized spacial score (nSPS) is 18.9. The Bertz CT molecular complexity index is 888. The largest absolute Gasteiger partial charge is 0.345 e. The van der Waals surface area contributed by atoms with Gasteiger partial charge in [-0.05, 0) is 48.6 Å². The van der Waals surface area contributed by atoms with Gasteiger partial charge >= 0.3 is 6.03 Å². The highest BCUT2D eigenvalue weighted by Gasteiger charge is 2.24. The minimum absolute atomic E-state index is 0. The Balaban J connectivity index is 0.00000121. The molecule has 1 aromatic carbocycles. The van der Waals surface area contributed by atoms with Gasteiger partial charge in [-0.2, -0.15) is 0 Å². The number of allylic oxidation sites excluding steroid dienone is 3. The molecule has 2 aromatic rings. The maximum absolute atomic E-state index is 12.6. The summed E-state index contributed by atoms with van der Waals surface area (Å²) in [6.07, 6.45) is 8.78. The summed E-state index contributed by atoms with van der Waals surface area (Å²) in [5, 5.41) is 2.49. The number of hydrogen-bond acceptors (Lipinski definition) is 3. The molecule has 126 valence electrons. The molecule has 4 rings (SSSR count). The Hall–Kier alpha value is -2.89. The number of hydrogen-bond donors (Lipinski definition) is 2. The molecule has 0 saturated carbocycles. The van der Waals surface area contributed by atoms with Gasteiger partial charge in [0, 0.05) is 21.5 Å². The van der Waals surface area contributed by atoms with Crippen molar-refractivity contribution in [1.29, 1.82) is 0 Å². The first kappa shape index (κ1) is 14.7. The maximum atomic E-state index is 12.6. The Kier molecular flexibility index (Phi) is 3.65. The summed E-state index contributed by atoms with van der Waals surface area (Å²) in [7, 11) is 0. The molecule has 0 radical (unpaired) electrons. The zero-order chi connectivity index (χ0) is 16.5. The van der Waals surface area contributed by atoms with Crippen molar-refractivity contribution < 1.29 is 12.4 Å². The van der Waals surface area contributed by atoms with Gasteiger partial charge in [0.1, 0.15) is 0 Å². The van der Waals surface area contributed by atoms with Crippen LogP contribution < -0.4 is 10.2 Å². The number of anilines is 1. The van der Waals surface area contributed by atoms with Crippen LogP contribution >= 0.6 is 0 Å². The standard InChI is InChI=1S/C18H18N4O2.2H2/c23-17-8-5-12-3-1-2-4-13(12)10-22(18(24)21-17)14-6-7-15-16(9-14)20-11-19-15;;/h1,3,6-7,9,11H,2,4-5,8,10H2,(H,19,20)(H,21,23,24);2*1H. The van der Waals surface area contributed by atoms with Crippen molar-refractivity contribution in [3.8, 4) is 0 Å². The fourth-order valence-corrected chi connectivity index (χ4v) is 3.26. The summed E-state index contributed by atoms with van der Waals surface area (Å²) in [5.74, 6) is -0.236. The number of fused-ring (bicyclic) bond motifs is 1. The van der Waals surface area contributed by atoms with E-state index in [0.29, 0.717) is 19.4 Å². The second-order valence-corrected chi connectivity index (χ2v) is 6.11. The minimum atomic E-state index is -0.373. The van der Waals surface area contributed by atoms with E-state index < -0.39 is 0 Å². The fraction of sp³-hybridized carbons (Fsp3) is 0.278. The minimum Gasteiger partial charge on any atom is -0.345 e. The SMILES string of the molecule is O=C1CCC2=C(CCC=C2)CN(c2ccc3nc[nH]c3c2)C(=O)N1.[HH].[HH]. The number of aromatic amines is 1. The third kappa shape index (κ3) is 2.71. The van der Waals surface area contributed by atoms with E-state index in [1.165, 1.54) is 11.1 Å². The molecule has 0 spiro atoms. The van der Waals surface area contributed by atoms with E-state index in [1.807, 2.05) is 18.2 Å². The number of carbonyl (C=O) groups is 2. The Morgan fingerprint density at radius 3 is 3.00 bits per heavy atom. The van der Waals surface area contributed by atoms with Crippen LogP contribution in [0.25, 0.3) is 11.0 Å². The number of rotatable bonds is 1. The number of nitrogens with one attached hydrogen (secondary N) is 2. The van der Waals surface area contributed by atoms with Crippen molar-refractivity contribution in [2.45, 2.75) is 25.7 Å². The lowest BCUT2D eigenvalue weighted by Gasteiger charge is -2.25. The van der Waals surface area contributed by atoms with Crippen molar-refractivity contribution in [3.05, 3.63) is 47.8 Å². The van der Waals surface area contributed by atoms with Gasteiger partial charge in [-0.25, -0.2) is 9.78 Å². The van der Waals surface area contributed by atoms with Gasteiger partial charge in [0.2, 0.25) is 5.91 Å². The molecule has 1 aliphatic carbocycles. The zero-order valence-corrected chi connectivity index (χ0v) is 13.2. The molecule has 0 atom stereocenters. The average Bonchev–Trinajstić information content (AvgIpc) is 3.07. The molecule has 24 heavy (non-hydrogen) atoms. The van der Waals surface area contributed by atoms with E-state index in [0.717, 1.165) is 29.6 Å². The van der Waals surface area contributed by atoms with E-state index in [9.17, 15) is 9.59 Å². The van der Waals surface area contributed by atoms with Gasteiger partial charge in [-0.3, -0.25) is 15.0 Å². The monoisotopic (exact) mass is 326 g/mol. The molecule has 6 heteroatoms. The number of nitrogens with zero attached hydrogens (tertiary/aromatic N) is 2. The second kappa shape index (κ2) is 5.96. The van der Waals surface area contributed by atoms with Gasteiger partial charge in [0.05, 0.1) is 17.4 Å². The van der Waals surface area contributed by atoms with Crippen molar-refractivity contribution >= 4 is 28.7 Å². The summed E-state index contributed by atoms with van der Waals surface area (Å²) >= 11 is 0. The van der Waals surface area contributed by atoms with Crippen molar-refractivity contribution in [1.82, 2.24) is 15.3 Å². The first-order valence-electron chi connectivity index (χ1n) is 8.12. The third-order valence-electron chi connectivity index (χ3n) is 4.56. The number of benzene rings is 1. The van der Waals surface area contributed by atoms with Gasteiger partial charge in [-0.15, -0.1) is 0 Å². The maximum Gasteiger partial charge on any atom is 0.328 e. The van der Waals surface area contributed by atoms with Crippen LogP contribution in [0.1, 0.15) is 28.5 Å². The number of urea groups is 1. The molecular formula is C18H22N4O2. The lowest BCUT2D eigenvalue weighted by molar-refractivity contribution is -0.119. The van der Waals surface area contributed by atoms with E-state index in [1.54, 1.807) is 11.2 Å². The van der Waals surface area contributed by atoms with Crippen LogP contribution in [0.15, 0.2) is 47.8 Å². The van der Waals surface area contributed by atoms with Crippen LogP contribution in [0, 0.1) is 0 Å². The number of aromatic nitrogens is 2. The molecule has 6 nitrogen and oxygen atoms in total. The average molecular weight is 326 g/mol. The highest BCUT2D eigenvalue weighted by molar-refractivity contribution is 6.03. The summed E-state index contributed by atoms with van der Waals surface area (Å²) in [6.45, 7) is 0.498. The van der Waals surface area contributed by atoms with Crippen LogP contribution in [0.3, 0.4) is 0 Å². The summed E-state index contributed by atoms with van der Waals surface area (Å²) < 4.78 is 0. The van der Waals surface area contributed by atoms with E-state index >= 15 is 0 Å². The molecule has 2 heterocycles. The fourth-order valence-electron chi connectivity index (χ4n) is 3.26. The van der Waals surface area contributed by atoms with Crippen molar-refractivity contribution in [3.63, 3.8) is 0 Å². The first-order valence-corrected chi connectivity index (χ1v) is 8.12. The molecular weight excluding hydrogens is 304 g/mol. The molecule has 0 saturated heterocycles. The van der Waals surface area contributed by atoms with Crippen LogP contribution in [-0.4, -0.2) is 28.5 Å². The Labute approximate surface area is 142 Å². The number of amides is 3. The molecule has 1 aliphatic heterocycles. The van der Waals surface area contributed by atoms with Gasteiger partial charge in [0.15, 0.2) is 0 Å². The lowest BCUT2D eigenvalue weighted by Crippen LogP contribution is -2.43. The Morgan fingerprint density at radius 2 is 2.08 bits per heavy atom. The van der Waals surface area contributed by atoms with E-state index in [4.69, 9.17) is 0 Å². The predicted molar refractivity (Wildman–Crippen MR) is 95.8 cm³/mol. The van der Waals surface area contributed by atoms with Gasteiger partial charge in [-0.1, -0.05) is 12.2 Å². The Morgan fingerprint density at radius 1 is 1.17 bits per heavy atom. The second-order valence-electron chi connectivity index (χ2n) is 6.11.